The lowest BCUT2D eigenvalue weighted by Crippen LogP contribution is -2.41. The average molecular weight is 255 g/mol. The first-order chi connectivity index (χ1) is 8.11. The normalized spacial score (nSPS) is 34.5. The molecular weight excluding hydrogens is 232 g/mol. The predicted molar refractivity (Wildman–Crippen MR) is 75.2 cm³/mol. The smallest absolute Gasteiger partial charge is 0.0693 e. The topological polar surface area (TPSA) is 9.23 Å². The molecule has 0 bridgehead atoms. The monoisotopic (exact) mass is 254 g/mol. The van der Waals surface area contributed by atoms with Gasteiger partial charge in [-0.25, -0.2) is 0 Å². The third-order valence-electron chi connectivity index (χ3n) is 3.48. The Morgan fingerprint density at radius 1 is 1.47 bits per heavy atom. The third kappa shape index (κ3) is 4.69. The first-order valence-electron chi connectivity index (χ1n) is 6.32. The zero-order valence-corrected chi connectivity index (χ0v) is 11.6. The molecule has 2 heteroatoms. The van der Waals surface area contributed by atoms with Crippen molar-refractivity contribution in [3.8, 4) is 0 Å². The highest BCUT2D eigenvalue weighted by molar-refractivity contribution is 6.25. The molecule has 0 aliphatic carbocycles. The van der Waals surface area contributed by atoms with Gasteiger partial charge in [-0.05, 0) is 38.5 Å². The maximum atomic E-state index is 6.24. The lowest BCUT2D eigenvalue weighted by molar-refractivity contribution is -0.137. The molecule has 1 heterocycles. The molecule has 1 fully saturated rings. The molecule has 96 valence electrons. The van der Waals surface area contributed by atoms with Crippen LogP contribution in [-0.2, 0) is 4.74 Å². The molecule has 0 unspecified atom stereocenters. The fourth-order valence-corrected chi connectivity index (χ4v) is 2.39. The maximum absolute atomic E-state index is 6.24. The van der Waals surface area contributed by atoms with Crippen molar-refractivity contribution >= 4 is 11.6 Å². The van der Waals surface area contributed by atoms with Gasteiger partial charge in [-0.15, -0.1) is 0 Å². The summed E-state index contributed by atoms with van der Waals surface area (Å²) in [6.45, 7) is 8.14. The molecule has 0 N–H and O–H groups in total. The van der Waals surface area contributed by atoms with Gasteiger partial charge in [0.25, 0.3) is 0 Å². The number of halogens is 1. The highest BCUT2D eigenvalue weighted by Crippen LogP contribution is 2.36. The summed E-state index contributed by atoms with van der Waals surface area (Å²) in [5.74, 6) is 0.610. The zero-order chi connectivity index (χ0) is 12.7. The molecule has 1 nitrogen and oxygen atoms in total. The van der Waals surface area contributed by atoms with E-state index in [4.69, 9.17) is 16.3 Å². The van der Waals surface area contributed by atoms with Crippen molar-refractivity contribution in [3.63, 3.8) is 0 Å². The van der Waals surface area contributed by atoms with Gasteiger partial charge in [0.05, 0.1) is 11.7 Å². The van der Waals surface area contributed by atoms with E-state index in [0.717, 1.165) is 19.3 Å². The third-order valence-corrected chi connectivity index (χ3v) is 3.66. The van der Waals surface area contributed by atoms with Crippen molar-refractivity contribution in [2.75, 3.05) is 0 Å². The molecule has 0 aromatic carbocycles. The number of rotatable bonds is 5. The van der Waals surface area contributed by atoms with Crippen LogP contribution in [0.15, 0.2) is 36.4 Å². The summed E-state index contributed by atoms with van der Waals surface area (Å²) in [7, 11) is 0. The lowest BCUT2D eigenvalue weighted by Gasteiger charge is -2.41. The van der Waals surface area contributed by atoms with Crippen molar-refractivity contribution in [2.24, 2.45) is 5.92 Å². The molecule has 0 aromatic heterocycles. The predicted octanol–water partition coefficient (Wildman–Crippen LogP) is 4.84. The van der Waals surface area contributed by atoms with Gasteiger partial charge >= 0.3 is 0 Å². The highest BCUT2D eigenvalue weighted by atomic mass is 35.5. The molecular formula is C15H23ClO. The summed E-state index contributed by atoms with van der Waals surface area (Å²) in [4.78, 5) is 0. The van der Waals surface area contributed by atoms with Crippen LogP contribution in [0.3, 0.4) is 0 Å². The van der Waals surface area contributed by atoms with Crippen molar-refractivity contribution in [1.29, 1.82) is 0 Å². The Morgan fingerprint density at radius 2 is 2.24 bits per heavy atom. The van der Waals surface area contributed by atoms with Gasteiger partial charge in [-0.3, -0.25) is 0 Å². The number of hydrogen-bond acceptors (Lipinski definition) is 1. The van der Waals surface area contributed by atoms with Crippen molar-refractivity contribution in [1.82, 2.24) is 0 Å². The molecule has 1 aliphatic heterocycles. The first-order valence-corrected chi connectivity index (χ1v) is 6.75. The van der Waals surface area contributed by atoms with Crippen LogP contribution < -0.4 is 0 Å². The van der Waals surface area contributed by atoms with E-state index < -0.39 is 0 Å². The van der Waals surface area contributed by atoms with Crippen LogP contribution in [0.2, 0.25) is 0 Å². The zero-order valence-electron chi connectivity index (χ0n) is 10.9. The Hall–Kier alpha value is -0.530. The Morgan fingerprint density at radius 3 is 2.88 bits per heavy atom. The van der Waals surface area contributed by atoms with Gasteiger partial charge in [-0.1, -0.05) is 49.4 Å². The minimum absolute atomic E-state index is 0.0309. The van der Waals surface area contributed by atoms with E-state index >= 15 is 0 Å². The second-order valence-corrected chi connectivity index (χ2v) is 5.34. The van der Waals surface area contributed by atoms with E-state index in [0.29, 0.717) is 12.0 Å². The largest absolute Gasteiger partial charge is 0.371 e. The van der Waals surface area contributed by atoms with Gasteiger partial charge in [0, 0.05) is 5.54 Å². The van der Waals surface area contributed by atoms with Crippen LogP contribution in [0, 0.1) is 5.92 Å². The van der Waals surface area contributed by atoms with Gasteiger partial charge in [-0.2, -0.15) is 0 Å². The summed E-state index contributed by atoms with van der Waals surface area (Å²) < 4.78 is 6.24. The number of ether oxygens (including phenoxy) is 1. The van der Waals surface area contributed by atoms with Gasteiger partial charge in [0.15, 0.2) is 0 Å². The summed E-state index contributed by atoms with van der Waals surface area (Å²) in [6.07, 6.45) is 12.4. The molecule has 1 saturated heterocycles. The number of allylic oxidation sites excluding steroid dienone is 2. The Balaban J connectivity index is 2.57. The maximum Gasteiger partial charge on any atom is 0.0693 e. The van der Waals surface area contributed by atoms with Crippen LogP contribution in [0.25, 0.3) is 0 Å². The van der Waals surface area contributed by atoms with Crippen LogP contribution in [-0.4, -0.2) is 11.7 Å². The van der Waals surface area contributed by atoms with Crippen molar-refractivity contribution in [3.05, 3.63) is 36.4 Å². The second-order valence-electron chi connectivity index (χ2n) is 5.09. The molecule has 17 heavy (non-hydrogen) atoms. The van der Waals surface area contributed by atoms with E-state index in [2.05, 4.69) is 26.5 Å². The standard InChI is InChI=1S/C15H23ClO/c1-4-5-6-10-15(3)11-9-13(2)14(17-15)8-7-12-16/h4-7,12-14H,1,8-11H2,2-3H3/b6-5+,12-7+/t13-,14-,15-/m0/s1. The SMILES string of the molecule is C=C/C=C/C[C@@]1(C)CC[C@H](C)[C@H](C/C=C/Cl)O1. The van der Waals surface area contributed by atoms with Crippen molar-refractivity contribution < 1.29 is 4.74 Å². The quantitative estimate of drug-likeness (QED) is 0.638. The molecule has 0 aromatic rings. The first kappa shape index (κ1) is 14.5. The average Bonchev–Trinajstić information content (AvgIpc) is 2.31. The number of hydrogen-bond donors (Lipinski definition) is 0. The summed E-state index contributed by atoms with van der Waals surface area (Å²) in [5.41, 5.74) is 1.55. The molecule has 0 radical (unpaired) electrons. The summed E-state index contributed by atoms with van der Waals surface area (Å²) in [5, 5.41) is 0. The van der Waals surface area contributed by atoms with Crippen LogP contribution >= 0.6 is 11.6 Å². The lowest BCUT2D eigenvalue weighted by atomic mass is 9.84. The van der Waals surface area contributed by atoms with Crippen LogP contribution in [0.4, 0.5) is 0 Å². The van der Waals surface area contributed by atoms with E-state index in [1.807, 2.05) is 18.2 Å². The second kappa shape index (κ2) is 7.03. The van der Waals surface area contributed by atoms with Crippen molar-refractivity contribution in [2.45, 2.75) is 51.2 Å². The minimum atomic E-state index is -0.0309. The van der Waals surface area contributed by atoms with Crippen LogP contribution in [0.5, 0.6) is 0 Å². The van der Waals surface area contributed by atoms with E-state index in [-0.39, 0.29) is 5.60 Å². The fraction of sp³-hybridized carbons (Fsp3) is 0.600. The minimum Gasteiger partial charge on any atom is -0.371 e. The molecule has 0 saturated carbocycles. The van der Waals surface area contributed by atoms with Gasteiger partial charge in [0.1, 0.15) is 0 Å². The molecule has 0 amide bonds. The highest BCUT2D eigenvalue weighted by Gasteiger charge is 2.35. The molecule has 1 aliphatic rings. The van der Waals surface area contributed by atoms with E-state index in [9.17, 15) is 0 Å². The van der Waals surface area contributed by atoms with E-state index in [1.165, 1.54) is 6.42 Å². The summed E-state index contributed by atoms with van der Waals surface area (Å²) in [6, 6.07) is 0. The molecule has 3 atom stereocenters. The Bertz CT molecular complexity index is 295. The van der Waals surface area contributed by atoms with Gasteiger partial charge in [0.2, 0.25) is 0 Å². The Labute approximate surface area is 110 Å². The molecule has 0 spiro atoms. The van der Waals surface area contributed by atoms with Gasteiger partial charge < -0.3 is 4.74 Å². The Kier molecular flexibility index (Phi) is 6.01. The fourth-order valence-electron chi connectivity index (χ4n) is 2.29. The molecule has 1 rings (SSSR count). The van der Waals surface area contributed by atoms with E-state index in [1.54, 1.807) is 5.54 Å². The van der Waals surface area contributed by atoms with Crippen LogP contribution in [0.1, 0.15) is 39.5 Å². The summed E-state index contributed by atoms with van der Waals surface area (Å²) >= 11 is 5.58.